The third-order valence-electron chi connectivity index (χ3n) is 4.79. The average molecular weight is 411 g/mol. The smallest absolute Gasteiger partial charge is 0.261 e. The highest BCUT2D eigenvalue weighted by Gasteiger charge is 2.20. The number of aryl methyl sites for hydroxylation is 1. The van der Waals surface area contributed by atoms with Crippen LogP contribution in [0.5, 0.6) is 0 Å². The number of aromatic nitrogens is 5. The van der Waals surface area contributed by atoms with Crippen molar-refractivity contribution in [3.63, 3.8) is 0 Å². The van der Waals surface area contributed by atoms with E-state index in [0.717, 1.165) is 50.7 Å². The summed E-state index contributed by atoms with van der Waals surface area (Å²) < 4.78 is 3.53. The Hall–Kier alpha value is -2.65. The van der Waals surface area contributed by atoms with E-state index in [1.807, 2.05) is 48.8 Å². The Kier molecular flexibility index (Phi) is 4.40. The average Bonchev–Trinajstić information content (AvgIpc) is 3.47. The van der Waals surface area contributed by atoms with Crippen LogP contribution in [0.4, 0.5) is 0 Å². The predicted molar refractivity (Wildman–Crippen MR) is 112 cm³/mol. The summed E-state index contributed by atoms with van der Waals surface area (Å²) in [5, 5.41) is 13.8. The maximum absolute atomic E-state index is 12.5. The van der Waals surface area contributed by atoms with Crippen molar-refractivity contribution in [2.75, 3.05) is 11.5 Å². The zero-order valence-corrected chi connectivity index (χ0v) is 16.8. The maximum Gasteiger partial charge on any atom is 0.261 e. The number of hydrogen-bond donors (Lipinski definition) is 1. The van der Waals surface area contributed by atoms with E-state index >= 15 is 0 Å². The lowest BCUT2D eigenvalue weighted by Gasteiger charge is -2.09. The molecular weight excluding hydrogens is 392 g/mol. The van der Waals surface area contributed by atoms with E-state index in [-0.39, 0.29) is 11.9 Å². The largest absolute Gasteiger partial charge is 0.348 e. The third-order valence-corrected chi connectivity index (χ3v) is 6.89. The topological polar surface area (TPSA) is 77.1 Å². The molecule has 0 aliphatic carbocycles. The van der Waals surface area contributed by atoms with E-state index in [1.165, 1.54) is 11.3 Å². The zero-order valence-electron chi connectivity index (χ0n) is 15.2. The fourth-order valence-electron chi connectivity index (χ4n) is 3.30. The molecule has 4 aromatic rings. The van der Waals surface area contributed by atoms with Gasteiger partial charge in [0.1, 0.15) is 0 Å². The van der Waals surface area contributed by atoms with Crippen LogP contribution in [0, 0.1) is 0 Å². The molecule has 1 fully saturated rings. The van der Waals surface area contributed by atoms with Gasteiger partial charge >= 0.3 is 0 Å². The standard InChI is InChI=1S/C19H18N6OS2/c1-24-8-14(6-21-24)13-5-20-18-16(7-22-25(18)9-13)12-4-17(28-10-12)19(26)23-15-2-3-27-11-15/h4-10,15H,2-3,11H2,1H3,(H,23,26). The molecule has 142 valence electrons. The summed E-state index contributed by atoms with van der Waals surface area (Å²) in [5.41, 5.74) is 4.60. The van der Waals surface area contributed by atoms with Crippen LogP contribution >= 0.6 is 23.1 Å². The lowest BCUT2D eigenvalue weighted by molar-refractivity contribution is 0.0945. The van der Waals surface area contributed by atoms with Gasteiger partial charge in [0, 0.05) is 54.1 Å². The molecule has 1 saturated heterocycles. The van der Waals surface area contributed by atoms with Crippen molar-refractivity contribution in [1.29, 1.82) is 0 Å². The predicted octanol–water partition coefficient (Wildman–Crippen LogP) is 3.09. The van der Waals surface area contributed by atoms with E-state index in [1.54, 1.807) is 21.6 Å². The first-order chi connectivity index (χ1) is 13.7. The Morgan fingerprint density at radius 2 is 2.07 bits per heavy atom. The van der Waals surface area contributed by atoms with Gasteiger partial charge in [-0.25, -0.2) is 9.50 Å². The molecule has 1 aliphatic heterocycles. The Bertz CT molecular complexity index is 1150. The quantitative estimate of drug-likeness (QED) is 0.559. The first kappa shape index (κ1) is 17.4. The molecular formula is C19H18N6OS2. The van der Waals surface area contributed by atoms with Crippen molar-refractivity contribution >= 4 is 34.7 Å². The normalized spacial score (nSPS) is 16.7. The van der Waals surface area contributed by atoms with E-state index in [2.05, 4.69) is 20.5 Å². The Labute approximate surface area is 169 Å². The number of carbonyl (C=O) groups excluding carboxylic acids is 1. The molecule has 5 heterocycles. The van der Waals surface area contributed by atoms with Crippen LogP contribution in [0.25, 0.3) is 27.9 Å². The number of amides is 1. The molecule has 1 amide bonds. The van der Waals surface area contributed by atoms with Gasteiger partial charge in [0.25, 0.3) is 5.91 Å². The van der Waals surface area contributed by atoms with Crippen LogP contribution in [-0.2, 0) is 7.05 Å². The van der Waals surface area contributed by atoms with Gasteiger partial charge in [-0.3, -0.25) is 9.48 Å². The minimum absolute atomic E-state index is 0.00652. The summed E-state index contributed by atoms with van der Waals surface area (Å²) in [5.74, 6) is 2.13. The summed E-state index contributed by atoms with van der Waals surface area (Å²) in [6, 6.07) is 2.21. The molecule has 7 nitrogen and oxygen atoms in total. The van der Waals surface area contributed by atoms with Crippen LogP contribution < -0.4 is 5.32 Å². The summed E-state index contributed by atoms with van der Waals surface area (Å²) in [6.07, 6.45) is 10.4. The van der Waals surface area contributed by atoms with Crippen LogP contribution in [-0.4, -0.2) is 47.8 Å². The van der Waals surface area contributed by atoms with Gasteiger partial charge in [-0.15, -0.1) is 11.3 Å². The number of carbonyl (C=O) groups is 1. The summed E-state index contributed by atoms with van der Waals surface area (Å²) in [4.78, 5) is 17.8. The number of nitrogens with one attached hydrogen (secondary N) is 1. The van der Waals surface area contributed by atoms with Crippen molar-refractivity contribution in [3.05, 3.63) is 47.3 Å². The van der Waals surface area contributed by atoms with Crippen molar-refractivity contribution in [2.24, 2.45) is 7.05 Å². The Morgan fingerprint density at radius 3 is 2.86 bits per heavy atom. The van der Waals surface area contributed by atoms with E-state index < -0.39 is 0 Å². The molecule has 0 saturated carbocycles. The Balaban J connectivity index is 1.42. The Morgan fingerprint density at radius 1 is 1.18 bits per heavy atom. The van der Waals surface area contributed by atoms with Gasteiger partial charge in [0.05, 0.1) is 17.3 Å². The fourth-order valence-corrected chi connectivity index (χ4v) is 5.26. The number of thioether (sulfide) groups is 1. The molecule has 0 radical (unpaired) electrons. The number of thiophene rings is 1. The molecule has 9 heteroatoms. The van der Waals surface area contributed by atoms with Crippen LogP contribution in [0.15, 0.2) is 42.4 Å². The third kappa shape index (κ3) is 3.20. The highest BCUT2D eigenvalue weighted by molar-refractivity contribution is 7.99. The maximum atomic E-state index is 12.5. The molecule has 1 aliphatic rings. The molecule has 1 atom stereocenters. The summed E-state index contributed by atoms with van der Waals surface area (Å²) in [6.45, 7) is 0. The number of hydrogen-bond acceptors (Lipinski definition) is 6. The minimum atomic E-state index is 0.00652. The van der Waals surface area contributed by atoms with Gasteiger partial charge in [-0.05, 0) is 29.2 Å². The van der Waals surface area contributed by atoms with Crippen LogP contribution in [0.3, 0.4) is 0 Å². The molecule has 1 unspecified atom stereocenters. The van der Waals surface area contributed by atoms with Gasteiger partial charge in [-0.2, -0.15) is 22.0 Å². The summed E-state index contributed by atoms with van der Waals surface area (Å²) >= 11 is 3.34. The van der Waals surface area contributed by atoms with Crippen molar-refractivity contribution in [1.82, 2.24) is 29.7 Å². The van der Waals surface area contributed by atoms with Crippen LogP contribution in [0.1, 0.15) is 16.1 Å². The second-order valence-corrected chi connectivity index (χ2v) is 8.87. The van der Waals surface area contributed by atoms with Gasteiger partial charge in [-0.1, -0.05) is 0 Å². The van der Waals surface area contributed by atoms with E-state index in [0.29, 0.717) is 0 Å². The molecule has 0 aromatic carbocycles. The van der Waals surface area contributed by atoms with Crippen molar-refractivity contribution in [2.45, 2.75) is 12.5 Å². The first-order valence-electron chi connectivity index (χ1n) is 8.97. The fraction of sp³-hybridized carbons (Fsp3) is 0.263. The lowest BCUT2D eigenvalue weighted by Crippen LogP contribution is -2.34. The van der Waals surface area contributed by atoms with E-state index in [4.69, 9.17) is 0 Å². The molecule has 4 aromatic heterocycles. The highest BCUT2D eigenvalue weighted by Crippen LogP contribution is 2.29. The monoisotopic (exact) mass is 410 g/mol. The van der Waals surface area contributed by atoms with Crippen LogP contribution in [0.2, 0.25) is 0 Å². The number of rotatable bonds is 4. The highest BCUT2D eigenvalue weighted by atomic mass is 32.2. The summed E-state index contributed by atoms with van der Waals surface area (Å²) in [7, 11) is 1.89. The molecule has 28 heavy (non-hydrogen) atoms. The van der Waals surface area contributed by atoms with Gasteiger partial charge in [0.15, 0.2) is 5.65 Å². The van der Waals surface area contributed by atoms with Crippen molar-refractivity contribution in [3.8, 4) is 22.3 Å². The lowest BCUT2D eigenvalue weighted by atomic mass is 10.1. The van der Waals surface area contributed by atoms with Gasteiger partial charge < -0.3 is 5.32 Å². The SMILES string of the molecule is Cn1cc(-c2cnc3c(-c4csc(C(=O)NC5CCSC5)c4)cnn3c2)cn1. The number of fused-ring (bicyclic) bond motifs is 1. The van der Waals surface area contributed by atoms with Crippen molar-refractivity contribution < 1.29 is 4.79 Å². The molecule has 0 spiro atoms. The second kappa shape index (κ2) is 7.06. The first-order valence-corrected chi connectivity index (χ1v) is 11.0. The zero-order chi connectivity index (χ0) is 19.1. The second-order valence-electron chi connectivity index (χ2n) is 6.81. The number of nitrogens with zero attached hydrogens (tertiary/aromatic N) is 5. The molecule has 5 rings (SSSR count). The molecule has 0 bridgehead atoms. The molecule has 1 N–H and O–H groups in total. The van der Waals surface area contributed by atoms with Gasteiger partial charge in [0.2, 0.25) is 0 Å². The van der Waals surface area contributed by atoms with E-state index in [9.17, 15) is 4.79 Å². The minimum Gasteiger partial charge on any atom is -0.348 e.